The van der Waals surface area contributed by atoms with Crippen molar-refractivity contribution in [3.63, 3.8) is 0 Å². The van der Waals surface area contributed by atoms with Gasteiger partial charge < -0.3 is 9.16 Å². The molecule has 6 nitrogen and oxygen atoms in total. The van der Waals surface area contributed by atoms with Crippen LogP contribution in [0.25, 0.3) is 28.1 Å². The number of carbonyl (C=O) groups is 1. The number of ether oxygens (including phenoxy) is 1. The molecule has 0 saturated carbocycles. The lowest BCUT2D eigenvalue weighted by atomic mass is 9.93. The fourth-order valence-electron chi connectivity index (χ4n) is 3.73. The third-order valence-electron chi connectivity index (χ3n) is 6.77. The maximum absolute atomic E-state index is 13.7. The molecule has 0 saturated heterocycles. The summed E-state index contributed by atoms with van der Waals surface area (Å²) < 4.78 is 12.5. The minimum absolute atomic E-state index is 0.0990. The van der Waals surface area contributed by atoms with Crippen LogP contribution in [0.1, 0.15) is 36.7 Å². The van der Waals surface area contributed by atoms with Crippen molar-refractivity contribution in [1.29, 1.82) is 0 Å². The van der Waals surface area contributed by atoms with Crippen LogP contribution in [-0.4, -0.2) is 42.3 Å². The summed E-state index contributed by atoms with van der Waals surface area (Å²) in [6.45, 7) is 11.8. The van der Waals surface area contributed by atoms with E-state index in [2.05, 4.69) is 43.8 Å². The Bertz CT molecular complexity index is 1400. The van der Waals surface area contributed by atoms with Crippen molar-refractivity contribution in [3.8, 4) is 17.0 Å². The molecule has 190 valence electrons. The molecule has 0 bridgehead atoms. The van der Waals surface area contributed by atoms with E-state index in [1.807, 2.05) is 54.6 Å². The van der Waals surface area contributed by atoms with Crippen LogP contribution in [0, 0.1) is 0 Å². The second kappa shape index (κ2) is 11.1. The smallest absolute Gasteiger partial charge is 0.226 e. The lowest BCUT2D eigenvalue weighted by Gasteiger charge is -2.36. The minimum atomic E-state index is -1.93. The first kappa shape index (κ1) is 26.4. The Morgan fingerprint density at radius 1 is 0.946 bits per heavy atom. The van der Waals surface area contributed by atoms with E-state index in [4.69, 9.17) is 14.1 Å². The van der Waals surface area contributed by atoms with Crippen LogP contribution in [0.3, 0.4) is 0 Å². The summed E-state index contributed by atoms with van der Waals surface area (Å²) >= 11 is 0. The number of nitrogens with zero attached hydrogens (tertiary/aromatic N) is 3. The number of benzene rings is 2. The fourth-order valence-corrected chi connectivity index (χ4v) is 4.76. The molecule has 0 aliphatic rings. The van der Waals surface area contributed by atoms with Gasteiger partial charge in [0.1, 0.15) is 12.9 Å². The third kappa shape index (κ3) is 6.18. The average Bonchev–Trinajstić information content (AvgIpc) is 2.89. The van der Waals surface area contributed by atoms with E-state index < -0.39 is 8.32 Å². The minimum Gasteiger partial charge on any atom is -0.475 e. The maximum Gasteiger partial charge on any atom is 0.226 e. The molecule has 2 aromatic carbocycles. The number of para-hydroxylation sites is 1. The first-order valence-electron chi connectivity index (χ1n) is 12.4. The topological polar surface area (TPSA) is 74.2 Å². The van der Waals surface area contributed by atoms with E-state index in [1.165, 1.54) is 12.4 Å². The lowest BCUT2D eigenvalue weighted by Crippen LogP contribution is -2.41. The van der Waals surface area contributed by atoms with Gasteiger partial charge in [-0.1, -0.05) is 69.3 Å². The predicted molar refractivity (Wildman–Crippen MR) is 151 cm³/mol. The summed E-state index contributed by atoms with van der Waals surface area (Å²) in [5.74, 6) is 0.0941. The third-order valence-corrected chi connectivity index (χ3v) is 11.3. The van der Waals surface area contributed by atoms with Crippen LogP contribution in [0.5, 0.6) is 5.88 Å². The van der Waals surface area contributed by atoms with E-state index in [9.17, 15) is 4.79 Å². The van der Waals surface area contributed by atoms with Crippen LogP contribution in [-0.2, 0) is 4.43 Å². The number of fused-ring (bicyclic) bond motifs is 1. The van der Waals surface area contributed by atoms with Crippen molar-refractivity contribution in [2.45, 2.75) is 38.9 Å². The molecular formula is C30H33N3O3Si. The number of rotatable bonds is 9. The zero-order valence-electron chi connectivity index (χ0n) is 22.1. The molecule has 7 heteroatoms. The Balaban J connectivity index is 1.76. The van der Waals surface area contributed by atoms with Gasteiger partial charge in [0.2, 0.25) is 5.88 Å². The molecule has 0 amide bonds. The highest BCUT2D eigenvalue weighted by molar-refractivity contribution is 6.74. The number of aromatic nitrogens is 3. The van der Waals surface area contributed by atoms with Crippen LogP contribution < -0.4 is 4.74 Å². The molecule has 0 unspecified atom stereocenters. The Morgan fingerprint density at radius 2 is 1.62 bits per heavy atom. The molecule has 2 aromatic heterocycles. The number of carbonyl (C=O) groups excluding carboxylic acids is 1. The van der Waals surface area contributed by atoms with Gasteiger partial charge in [0.05, 0.1) is 17.7 Å². The molecule has 0 atom stereocenters. The Kier molecular flexibility index (Phi) is 7.95. The largest absolute Gasteiger partial charge is 0.475 e. The van der Waals surface area contributed by atoms with Crippen molar-refractivity contribution in [2.75, 3.05) is 13.2 Å². The van der Waals surface area contributed by atoms with Crippen LogP contribution in [0.4, 0.5) is 0 Å². The number of ketones is 1. The van der Waals surface area contributed by atoms with Gasteiger partial charge in [-0.25, -0.2) is 15.0 Å². The van der Waals surface area contributed by atoms with Crippen molar-refractivity contribution in [2.24, 2.45) is 0 Å². The van der Waals surface area contributed by atoms with Gasteiger partial charge in [0, 0.05) is 28.9 Å². The maximum atomic E-state index is 13.7. The first-order valence-corrected chi connectivity index (χ1v) is 15.3. The van der Waals surface area contributed by atoms with Crippen molar-refractivity contribution in [1.82, 2.24) is 15.0 Å². The fraction of sp³-hybridized carbons (Fsp3) is 0.267. The summed E-state index contributed by atoms with van der Waals surface area (Å²) in [5, 5.41) is 0.986. The number of pyridine rings is 1. The first-order chi connectivity index (χ1) is 17.7. The number of allylic oxidation sites excluding steroid dienone is 1. The highest BCUT2D eigenvalue weighted by atomic mass is 28.4. The molecule has 4 aromatic rings. The van der Waals surface area contributed by atoms with E-state index in [1.54, 1.807) is 18.5 Å². The molecule has 2 heterocycles. The van der Waals surface area contributed by atoms with Crippen LogP contribution >= 0.6 is 0 Å². The van der Waals surface area contributed by atoms with Crippen molar-refractivity contribution >= 4 is 31.1 Å². The monoisotopic (exact) mass is 511 g/mol. The summed E-state index contributed by atoms with van der Waals surface area (Å²) in [7, 11) is -1.93. The summed E-state index contributed by atoms with van der Waals surface area (Å²) in [6.07, 6.45) is 8.00. The zero-order chi connectivity index (χ0) is 26.5. The Hall–Kier alpha value is -3.68. The van der Waals surface area contributed by atoms with Gasteiger partial charge in [0.25, 0.3) is 0 Å². The van der Waals surface area contributed by atoms with Gasteiger partial charge in [0.15, 0.2) is 14.1 Å². The Labute approximate surface area is 219 Å². The van der Waals surface area contributed by atoms with Crippen LogP contribution in [0.2, 0.25) is 18.1 Å². The molecule has 0 radical (unpaired) electrons. The van der Waals surface area contributed by atoms with Crippen LogP contribution in [0.15, 0.2) is 79.4 Å². The zero-order valence-corrected chi connectivity index (χ0v) is 23.1. The molecule has 0 N–H and O–H groups in total. The second-order valence-electron chi connectivity index (χ2n) is 10.4. The molecule has 0 aliphatic carbocycles. The highest BCUT2D eigenvalue weighted by Crippen LogP contribution is 2.38. The lowest BCUT2D eigenvalue weighted by molar-refractivity contribution is 0.104. The van der Waals surface area contributed by atoms with Gasteiger partial charge in [-0.15, -0.1) is 0 Å². The number of hydrogen-bond donors (Lipinski definition) is 0. The van der Waals surface area contributed by atoms with Gasteiger partial charge in [-0.3, -0.25) is 4.79 Å². The average molecular weight is 512 g/mol. The standard InChI is InChI=1S/C30H33N3O3Si/c1-30(2,3)37(4,5)36-18-17-35-29-28(26(34)16-15-22-19-31-21-32-20-22)27(23-11-7-6-8-12-23)24-13-9-10-14-25(24)33-29/h6-16,19-21H,17-18H2,1-5H3/b16-15+. The normalized spacial score (nSPS) is 12.2. The second-order valence-corrected chi connectivity index (χ2v) is 15.2. The van der Waals surface area contributed by atoms with E-state index in [0.717, 1.165) is 27.6 Å². The molecular weight excluding hydrogens is 478 g/mol. The molecule has 0 fully saturated rings. The Morgan fingerprint density at radius 3 is 2.32 bits per heavy atom. The molecule has 0 spiro atoms. The number of hydrogen-bond acceptors (Lipinski definition) is 6. The van der Waals surface area contributed by atoms with Crippen molar-refractivity contribution < 1.29 is 14.0 Å². The van der Waals surface area contributed by atoms with Crippen molar-refractivity contribution in [3.05, 3.63) is 90.5 Å². The summed E-state index contributed by atoms with van der Waals surface area (Å²) in [5.41, 5.74) is 3.63. The summed E-state index contributed by atoms with van der Waals surface area (Å²) in [6, 6.07) is 17.7. The van der Waals surface area contributed by atoms with Gasteiger partial charge >= 0.3 is 0 Å². The highest BCUT2D eigenvalue weighted by Gasteiger charge is 2.37. The van der Waals surface area contributed by atoms with E-state index in [-0.39, 0.29) is 10.8 Å². The molecule has 0 aliphatic heterocycles. The SMILES string of the molecule is CC(C)(C)[Si](C)(C)OCCOc1nc2ccccc2c(-c2ccccc2)c1C(=O)/C=C/c1cncnc1. The van der Waals surface area contributed by atoms with Gasteiger partial charge in [-0.2, -0.15) is 0 Å². The van der Waals surface area contributed by atoms with Gasteiger partial charge in [-0.05, 0) is 41.9 Å². The van der Waals surface area contributed by atoms with E-state index >= 15 is 0 Å². The molecule has 37 heavy (non-hydrogen) atoms. The summed E-state index contributed by atoms with van der Waals surface area (Å²) in [4.78, 5) is 26.6. The molecule has 4 rings (SSSR count). The predicted octanol–water partition coefficient (Wildman–Crippen LogP) is 6.99. The van der Waals surface area contributed by atoms with E-state index in [0.29, 0.717) is 24.7 Å². The quantitative estimate of drug-likeness (QED) is 0.104.